The molecular weight excluding hydrogens is 608 g/mol. The van der Waals surface area contributed by atoms with E-state index in [1.807, 2.05) is 36.4 Å². The van der Waals surface area contributed by atoms with Crippen LogP contribution in [0.4, 0.5) is 0 Å². The summed E-state index contributed by atoms with van der Waals surface area (Å²) in [6, 6.07) is 14.7. The van der Waals surface area contributed by atoms with Gasteiger partial charge in [0.25, 0.3) is 10.1 Å². The van der Waals surface area contributed by atoms with Crippen molar-refractivity contribution in [1.82, 2.24) is 10.3 Å². The van der Waals surface area contributed by atoms with Crippen LogP contribution in [0.1, 0.15) is 120 Å². The maximum absolute atomic E-state index is 13.3. The van der Waals surface area contributed by atoms with Crippen LogP contribution in [0.25, 0.3) is 22.2 Å². The van der Waals surface area contributed by atoms with Gasteiger partial charge in [0, 0.05) is 40.6 Å². The number of carbonyl (C=O) groups excluding carboxylic acids is 1. The highest BCUT2D eigenvalue weighted by Gasteiger charge is 2.17. The molecular formula is C36H51ClN2O5S. The van der Waals surface area contributed by atoms with E-state index in [1.54, 1.807) is 6.07 Å². The van der Waals surface area contributed by atoms with Gasteiger partial charge in [-0.25, -0.2) is 4.98 Å². The van der Waals surface area contributed by atoms with Crippen LogP contribution in [-0.2, 0) is 10.1 Å². The van der Waals surface area contributed by atoms with Crippen LogP contribution in [0.15, 0.2) is 48.5 Å². The Morgan fingerprint density at radius 3 is 1.82 bits per heavy atom. The van der Waals surface area contributed by atoms with Crippen molar-refractivity contribution in [1.29, 1.82) is 0 Å². The largest absolute Gasteiger partial charge is 0.506 e. The van der Waals surface area contributed by atoms with Crippen molar-refractivity contribution in [3.63, 3.8) is 0 Å². The lowest BCUT2D eigenvalue weighted by Crippen LogP contribution is -2.23. The number of ketones is 1. The van der Waals surface area contributed by atoms with Gasteiger partial charge in [0.1, 0.15) is 11.3 Å². The Morgan fingerprint density at radius 1 is 0.733 bits per heavy atom. The summed E-state index contributed by atoms with van der Waals surface area (Å²) in [5, 5.41) is 14.6. The van der Waals surface area contributed by atoms with Gasteiger partial charge in [0.2, 0.25) is 0 Å². The number of nitrogens with zero attached hydrogens (tertiary/aromatic N) is 1. The van der Waals surface area contributed by atoms with Crippen molar-refractivity contribution >= 4 is 38.4 Å². The van der Waals surface area contributed by atoms with Crippen LogP contribution in [0, 0.1) is 0 Å². The molecule has 0 spiro atoms. The Hall–Kier alpha value is -2.52. The molecule has 3 N–H and O–H groups in total. The summed E-state index contributed by atoms with van der Waals surface area (Å²) in [6.07, 6.45) is 19.8. The summed E-state index contributed by atoms with van der Waals surface area (Å²) in [6.45, 7) is 1.12. The van der Waals surface area contributed by atoms with Crippen LogP contribution in [-0.4, -0.2) is 47.7 Å². The zero-order chi connectivity index (χ0) is 32.3. The van der Waals surface area contributed by atoms with Gasteiger partial charge < -0.3 is 10.4 Å². The van der Waals surface area contributed by atoms with Gasteiger partial charge in [-0.15, -0.1) is 0 Å². The molecule has 1 aromatic heterocycles. The van der Waals surface area contributed by atoms with Crippen LogP contribution >= 0.6 is 11.6 Å². The molecule has 0 radical (unpaired) electrons. The van der Waals surface area contributed by atoms with E-state index < -0.39 is 10.1 Å². The number of halogens is 1. The molecule has 3 aromatic rings. The second kappa shape index (κ2) is 20.6. The minimum Gasteiger partial charge on any atom is -0.506 e. The maximum atomic E-state index is 13.3. The predicted octanol–water partition coefficient (Wildman–Crippen LogP) is 9.55. The first kappa shape index (κ1) is 36.9. The molecule has 7 nitrogen and oxygen atoms in total. The average Bonchev–Trinajstić information content (AvgIpc) is 3.01. The number of aromatic nitrogens is 1. The van der Waals surface area contributed by atoms with Gasteiger partial charge in [-0.1, -0.05) is 132 Å². The smallest absolute Gasteiger partial charge is 0.266 e. The molecule has 0 aliphatic carbocycles. The molecule has 3 rings (SSSR count). The summed E-state index contributed by atoms with van der Waals surface area (Å²) in [7, 11) is -3.85. The third-order valence-electron chi connectivity index (χ3n) is 8.27. The van der Waals surface area contributed by atoms with Gasteiger partial charge >= 0.3 is 0 Å². The lowest BCUT2D eigenvalue weighted by Gasteiger charge is -2.11. The highest BCUT2D eigenvalue weighted by atomic mass is 35.5. The first-order chi connectivity index (χ1) is 21.7. The normalized spacial score (nSPS) is 11.8. The number of unbranched alkanes of at least 4 members (excludes halogenated alkanes) is 15. The standard InChI is InChI=1S/C36H51ClN2O5S/c37-30-26-32-31(28-33(29-20-16-15-17-21-29)39-36(32)35(41)27-30)34(40)22-18-13-11-9-7-5-3-1-2-4-6-8-10-12-14-19-23-38-24-25-45(42,43)44/h15-17,20-21,26-28,38,41H,1-14,18-19,22-25H2,(H,42,43,44). The number of Topliss-reactive ketones (excluding diaryl/α,β-unsaturated/α-hetero) is 1. The third kappa shape index (κ3) is 14.6. The SMILES string of the molecule is O=C(CCCCCCCCCCCCCCCCCCNCCS(=O)(=O)O)c1cc(-c2ccccc2)nc2c(O)cc(Cl)cc12. The molecule has 0 fully saturated rings. The summed E-state index contributed by atoms with van der Waals surface area (Å²) in [5.74, 6) is -0.174. The number of pyridine rings is 1. The number of benzene rings is 2. The van der Waals surface area contributed by atoms with E-state index in [1.165, 1.54) is 76.7 Å². The van der Waals surface area contributed by atoms with Crippen LogP contribution in [0.5, 0.6) is 5.75 Å². The Kier molecular flexibility index (Phi) is 16.9. The van der Waals surface area contributed by atoms with Crippen molar-refractivity contribution in [3.05, 3.63) is 59.1 Å². The zero-order valence-electron chi connectivity index (χ0n) is 26.6. The van der Waals surface area contributed by atoms with Crippen molar-refractivity contribution in [2.75, 3.05) is 18.8 Å². The van der Waals surface area contributed by atoms with Crippen LogP contribution in [0.3, 0.4) is 0 Å². The molecule has 0 unspecified atom stereocenters. The Labute approximate surface area is 274 Å². The van der Waals surface area contributed by atoms with Gasteiger partial charge in [-0.2, -0.15) is 8.42 Å². The van der Waals surface area contributed by atoms with E-state index in [0.29, 0.717) is 40.1 Å². The fourth-order valence-electron chi connectivity index (χ4n) is 5.73. The van der Waals surface area contributed by atoms with E-state index in [4.69, 9.17) is 16.2 Å². The molecule has 0 amide bonds. The fraction of sp³-hybridized carbons (Fsp3) is 0.556. The van der Waals surface area contributed by atoms with Gasteiger partial charge in [-0.05, 0) is 31.5 Å². The monoisotopic (exact) mass is 658 g/mol. The number of rotatable bonds is 24. The number of fused-ring (bicyclic) bond motifs is 1. The first-order valence-corrected chi connectivity index (χ1v) is 18.8. The Morgan fingerprint density at radius 2 is 1.27 bits per heavy atom. The maximum Gasteiger partial charge on any atom is 0.266 e. The number of phenolic OH excluding ortho intramolecular Hbond substituents is 1. The molecule has 45 heavy (non-hydrogen) atoms. The molecule has 1 heterocycles. The number of carbonyl (C=O) groups is 1. The summed E-state index contributed by atoms with van der Waals surface area (Å²) >= 11 is 6.21. The van der Waals surface area contributed by atoms with Crippen LogP contribution in [0.2, 0.25) is 5.02 Å². The second-order valence-electron chi connectivity index (χ2n) is 12.1. The van der Waals surface area contributed by atoms with Crippen molar-refractivity contribution in [3.8, 4) is 17.0 Å². The van der Waals surface area contributed by atoms with E-state index in [-0.39, 0.29) is 17.3 Å². The summed E-state index contributed by atoms with van der Waals surface area (Å²) < 4.78 is 30.0. The minimum atomic E-state index is -3.85. The lowest BCUT2D eigenvalue weighted by molar-refractivity contribution is 0.0980. The Bertz CT molecular complexity index is 1420. The number of aromatic hydroxyl groups is 1. The lowest BCUT2D eigenvalue weighted by atomic mass is 9.97. The molecule has 9 heteroatoms. The predicted molar refractivity (Wildman–Crippen MR) is 186 cm³/mol. The van der Waals surface area contributed by atoms with E-state index >= 15 is 0 Å². The van der Waals surface area contributed by atoms with Crippen molar-refractivity contribution in [2.45, 2.75) is 109 Å². The van der Waals surface area contributed by atoms with Crippen LogP contribution < -0.4 is 5.32 Å². The van der Waals surface area contributed by atoms with Crippen molar-refractivity contribution < 1.29 is 22.9 Å². The molecule has 0 saturated carbocycles. The highest BCUT2D eigenvalue weighted by Crippen LogP contribution is 2.33. The number of phenols is 1. The van der Waals surface area contributed by atoms with E-state index in [9.17, 15) is 18.3 Å². The number of hydrogen-bond donors (Lipinski definition) is 3. The van der Waals surface area contributed by atoms with Crippen molar-refractivity contribution in [2.24, 2.45) is 0 Å². The molecule has 0 aliphatic heterocycles. The Balaban J connectivity index is 1.20. The fourth-order valence-corrected chi connectivity index (χ4v) is 6.35. The number of hydrogen-bond acceptors (Lipinski definition) is 6. The number of nitrogens with one attached hydrogen (secondary N) is 1. The topological polar surface area (TPSA) is 117 Å². The zero-order valence-corrected chi connectivity index (χ0v) is 28.2. The molecule has 0 bridgehead atoms. The molecule has 0 aliphatic rings. The molecule has 248 valence electrons. The first-order valence-electron chi connectivity index (χ1n) is 16.8. The van der Waals surface area contributed by atoms with E-state index in [0.717, 1.165) is 44.2 Å². The average molecular weight is 659 g/mol. The second-order valence-corrected chi connectivity index (χ2v) is 14.1. The minimum absolute atomic E-state index is 0.0165. The molecule has 0 saturated heterocycles. The molecule has 0 atom stereocenters. The van der Waals surface area contributed by atoms with E-state index in [2.05, 4.69) is 10.3 Å². The van der Waals surface area contributed by atoms with Gasteiger partial charge in [0.15, 0.2) is 5.78 Å². The summed E-state index contributed by atoms with van der Waals surface area (Å²) in [4.78, 5) is 17.9. The summed E-state index contributed by atoms with van der Waals surface area (Å²) in [5.41, 5.74) is 2.54. The van der Waals surface area contributed by atoms with Gasteiger partial charge in [-0.3, -0.25) is 9.35 Å². The highest BCUT2D eigenvalue weighted by molar-refractivity contribution is 7.85. The molecule has 2 aromatic carbocycles. The third-order valence-corrected chi connectivity index (χ3v) is 9.21. The van der Waals surface area contributed by atoms with Gasteiger partial charge in [0.05, 0.1) is 11.4 Å². The quantitative estimate of drug-likeness (QED) is 0.0498.